The average Bonchev–Trinajstić information content (AvgIpc) is 2.62. The van der Waals surface area contributed by atoms with E-state index in [0.717, 1.165) is 36.4 Å². The van der Waals surface area contributed by atoms with Crippen LogP contribution >= 0.6 is 0 Å². The third-order valence-corrected chi connectivity index (χ3v) is 4.76. The van der Waals surface area contributed by atoms with Gasteiger partial charge in [0.15, 0.2) is 0 Å². The molecule has 0 saturated heterocycles. The van der Waals surface area contributed by atoms with Crippen LogP contribution in [0, 0.1) is 13.8 Å². The number of ether oxygens (including phenoxy) is 1. The molecular formula is C22H27NO3. The summed E-state index contributed by atoms with van der Waals surface area (Å²) in [5.41, 5.74) is 4.75. The predicted octanol–water partition coefficient (Wildman–Crippen LogP) is 3.54. The van der Waals surface area contributed by atoms with Crippen molar-refractivity contribution in [3.63, 3.8) is 0 Å². The molecule has 3 rings (SSSR count). The van der Waals surface area contributed by atoms with E-state index in [1.807, 2.05) is 31.2 Å². The zero-order valence-corrected chi connectivity index (χ0v) is 15.5. The summed E-state index contributed by atoms with van der Waals surface area (Å²) in [6.07, 6.45) is 2.63. The summed E-state index contributed by atoms with van der Waals surface area (Å²) in [7, 11) is 0. The van der Waals surface area contributed by atoms with E-state index in [0.29, 0.717) is 18.9 Å². The van der Waals surface area contributed by atoms with E-state index < -0.39 is 6.10 Å². The Morgan fingerprint density at radius 2 is 1.88 bits per heavy atom. The van der Waals surface area contributed by atoms with Gasteiger partial charge < -0.3 is 14.9 Å². The highest BCUT2D eigenvalue weighted by molar-refractivity contribution is 5.67. The van der Waals surface area contributed by atoms with Crippen molar-refractivity contribution in [2.75, 3.05) is 26.2 Å². The summed E-state index contributed by atoms with van der Waals surface area (Å²) < 4.78 is 5.78. The van der Waals surface area contributed by atoms with Crippen molar-refractivity contribution in [3.8, 4) is 11.5 Å². The quantitative estimate of drug-likeness (QED) is 0.834. The molecule has 2 aromatic carbocycles. The van der Waals surface area contributed by atoms with Crippen molar-refractivity contribution in [3.05, 3.63) is 65.2 Å². The van der Waals surface area contributed by atoms with Gasteiger partial charge in [0.25, 0.3) is 0 Å². The van der Waals surface area contributed by atoms with Crippen LogP contribution < -0.4 is 4.74 Å². The number of hydrogen-bond donors (Lipinski definition) is 2. The summed E-state index contributed by atoms with van der Waals surface area (Å²) in [5.74, 6) is 1.13. The zero-order valence-electron chi connectivity index (χ0n) is 15.5. The number of rotatable bonds is 6. The topological polar surface area (TPSA) is 52.9 Å². The number of hydrogen-bond acceptors (Lipinski definition) is 4. The number of nitrogens with zero attached hydrogens (tertiary/aromatic N) is 1. The van der Waals surface area contributed by atoms with E-state index in [2.05, 4.69) is 24.0 Å². The fourth-order valence-corrected chi connectivity index (χ4v) is 3.31. The second-order valence-electron chi connectivity index (χ2n) is 7.02. The molecular weight excluding hydrogens is 326 g/mol. The van der Waals surface area contributed by atoms with E-state index in [1.54, 1.807) is 12.1 Å². The lowest BCUT2D eigenvalue weighted by atomic mass is 9.99. The summed E-state index contributed by atoms with van der Waals surface area (Å²) in [4.78, 5) is 2.24. The molecule has 4 nitrogen and oxygen atoms in total. The van der Waals surface area contributed by atoms with Crippen LogP contribution in [0.2, 0.25) is 0 Å². The largest absolute Gasteiger partial charge is 0.508 e. The van der Waals surface area contributed by atoms with E-state index in [9.17, 15) is 10.2 Å². The molecule has 0 radical (unpaired) electrons. The predicted molar refractivity (Wildman–Crippen MR) is 105 cm³/mol. The van der Waals surface area contributed by atoms with Crippen LogP contribution in [0.5, 0.6) is 11.5 Å². The number of aliphatic hydroxyl groups is 1. The fourth-order valence-electron chi connectivity index (χ4n) is 3.31. The molecule has 0 saturated carbocycles. The highest BCUT2D eigenvalue weighted by Gasteiger charge is 2.17. The number of aromatic hydroxyl groups is 1. The van der Waals surface area contributed by atoms with Crippen LogP contribution in [0.15, 0.2) is 48.5 Å². The van der Waals surface area contributed by atoms with Gasteiger partial charge in [0, 0.05) is 19.6 Å². The second-order valence-corrected chi connectivity index (χ2v) is 7.02. The van der Waals surface area contributed by atoms with Crippen LogP contribution in [0.3, 0.4) is 0 Å². The summed E-state index contributed by atoms with van der Waals surface area (Å²) in [6.45, 7) is 6.71. The fraction of sp³-hybridized carbons (Fsp3) is 0.364. The first-order valence-corrected chi connectivity index (χ1v) is 9.10. The Morgan fingerprint density at radius 1 is 1.12 bits per heavy atom. The number of β-amino-alcohol motifs (C(OH)–C–C–N with tert-alkyl or cyclic N) is 1. The van der Waals surface area contributed by atoms with Crippen LogP contribution in [-0.2, 0) is 0 Å². The minimum atomic E-state index is -0.515. The summed E-state index contributed by atoms with van der Waals surface area (Å²) in [6, 6.07) is 13.4. The van der Waals surface area contributed by atoms with Gasteiger partial charge in [-0.05, 0) is 55.2 Å². The van der Waals surface area contributed by atoms with Gasteiger partial charge in [-0.25, -0.2) is 0 Å². The minimum absolute atomic E-state index is 0.290. The first-order valence-electron chi connectivity index (χ1n) is 9.10. The number of phenolic OH excluding ortho intramolecular Hbond substituents is 1. The number of benzene rings is 2. The molecule has 1 atom stereocenters. The maximum atomic E-state index is 10.3. The second kappa shape index (κ2) is 8.39. The Labute approximate surface area is 155 Å². The molecule has 1 aliphatic heterocycles. The maximum Gasteiger partial charge on any atom is 0.122 e. The van der Waals surface area contributed by atoms with E-state index in [1.165, 1.54) is 11.1 Å². The molecule has 1 aliphatic rings. The van der Waals surface area contributed by atoms with Gasteiger partial charge in [0.1, 0.15) is 24.2 Å². The maximum absolute atomic E-state index is 10.3. The highest BCUT2D eigenvalue weighted by Crippen LogP contribution is 2.24. The smallest absolute Gasteiger partial charge is 0.122 e. The van der Waals surface area contributed by atoms with Crippen molar-refractivity contribution >= 4 is 5.57 Å². The third kappa shape index (κ3) is 4.87. The van der Waals surface area contributed by atoms with E-state index in [4.69, 9.17) is 4.74 Å². The van der Waals surface area contributed by atoms with Crippen molar-refractivity contribution in [1.29, 1.82) is 0 Å². The monoisotopic (exact) mass is 353 g/mol. The lowest BCUT2D eigenvalue weighted by Gasteiger charge is -2.28. The number of phenols is 1. The normalized spacial score (nSPS) is 16.2. The Kier molecular flexibility index (Phi) is 5.96. The number of aliphatic hydroxyl groups excluding tert-OH is 1. The first kappa shape index (κ1) is 18.5. The highest BCUT2D eigenvalue weighted by atomic mass is 16.5. The molecule has 26 heavy (non-hydrogen) atoms. The molecule has 0 fully saturated rings. The van der Waals surface area contributed by atoms with Crippen LogP contribution in [0.1, 0.15) is 23.1 Å². The Hall–Kier alpha value is -2.30. The van der Waals surface area contributed by atoms with Gasteiger partial charge in [-0.2, -0.15) is 0 Å². The van der Waals surface area contributed by atoms with Gasteiger partial charge in [0.2, 0.25) is 0 Å². The van der Waals surface area contributed by atoms with E-state index in [-0.39, 0.29) is 0 Å². The lowest BCUT2D eigenvalue weighted by Crippen LogP contribution is -2.38. The first-order chi connectivity index (χ1) is 12.5. The number of aryl methyl sites for hydroxylation is 2. The van der Waals surface area contributed by atoms with E-state index >= 15 is 0 Å². The molecule has 2 N–H and O–H groups in total. The van der Waals surface area contributed by atoms with Gasteiger partial charge in [0.05, 0.1) is 0 Å². The molecule has 2 aromatic rings. The summed E-state index contributed by atoms with van der Waals surface area (Å²) >= 11 is 0. The van der Waals surface area contributed by atoms with Gasteiger partial charge in [-0.1, -0.05) is 35.9 Å². The average molecular weight is 353 g/mol. The molecule has 0 amide bonds. The van der Waals surface area contributed by atoms with Crippen molar-refractivity contribution < 1.29 is 14.9 Å². The van der Waals surface area contributed by atoms with Crippen molar-refractivity contribution in [1.82, 2.24) is 4.90 Å². The molecule has 0 aromatic heterocycles. The van der Waals surface area contributed by atoms with Crippen LogP contribution in [0.4, 0.5) is 0 Å². The SMILES string of the molecule is Cc1ccc(OCC(O)CN2CC=C(c3ccc(O)cc3)CC2)c(C)c1. The van der Waals surface area contributed by atoms with Gasteiger partial charge >= 0.3 is 0 Å². The minimum Gasteiger partial charge on any atom is -0.508 e. The van der Waals surface area contributed by atoms with Gasteiger partial charge in [-0.3, -0.25) is 4.90 Å². The molecule has 0 aliphatic carbocycles. The molecule has 1 unspecified atom stereocenters. The Morgan fingerprint density at radius 3 is 2.54 bits per heavy atom. The van der Waals surface area contributed by atoms with Crippen LogP contribution in [0.25, 0.3) is 5.57 Å². The lowest BCUT2D eigenvalue weighted by molar-refractivity contribution is 0.0714. The third-order valence-electron chi connectivity index (χ3n) is 4.76. The standard InChI is InChI=1S/C22H27NO3/c1-16-3-8-22(17(2)13-16)26-15-21(25)14-23-11-9-19(10-12-23)18-4-6-20(24)7-5-18/h3-9,13,21,24-25H,10-12,14-15H2,1-2H3. The Balaban J connectivity index is 1.48. The molecule has 4 heteroatoms. The molecule has 1 heterocycles. The van der Waals surface area contributed by atoms with Crippen molar-refractivity contribution in [2.45, 2.75) is 26.4 Å². The molecule has 0 bridgehead atoms. The van der Waals surface area contributed by atoms with Gasteiger partial charge in [-0.15, -0.1) is 0 Å². The molecule has 138 valence electrons. The Bertz CT molecular complexity index is 767. The van der Waals surface area contributed by atoms with Crippen LogP contribution in [-0.4, -0.2) is 47.5 Å². The molecule has 0 spiro atoms. The zero-order chi connectivity index (χ0) is 18.5. The summed E-state index contributed by atoms with van der Waals surface area (Å²) in [5, 5.41) is 19.7. The van der Waals surface area contributed by atoms with Crippen molar-refractivity contribution in [2.24, 2.45) is 0 Å².